The van der Waals surface area contributed by atoms with Crippen LogP contribution < -0.4 is 20.2 Å². The zero-order valence-electron chi connectivity index (χ0n) is 17.7. The van der Waals surface area contributed by atoms with Gasteiger partial charge in [0, 0.05) is 24.5 Å². The second-order valence-corrected chi connectivity index (χ2v) is 6.67. The fraction of sp³-hybridized carbons (Fsp3) is 0.273. The van der Waals surface area contributed by atoms with Gasteiger partial charge < -0.3 is 24.1 Å². The number of carbonyl (C=O) groups excluding carboxylic acids is 2. The minimum absolute atomic E-state index is 0.158. The lowest BCUT2D eigenvalue weighted by atomic mass is 10.2. The average molecular weight is 425 g/mol. The van der Waals surface area contributed by atoms with Crippen LogP contribution in [-0.4, -0.2) is 42.3 Å². The molecule has 0 radical (unpaired) electrons. The van der Waals surface area contributed by atoms with Gasteiger partial charge in [-0.15, -0.1) is 0 Å². The Morgan fingerprint density at radius 3 is 2.58 bits per heavy atom. The summed E-state index contributed by atoms with van der Waals surface area (Å²) in [7, 11) is 2.97. The summed E-state index contributed by atoms with van der Waals surface area (Å²) in [4.78, 5) is 41.9. The van der Waals surface area contributed by atoms with Crippen molar-refractivity contribution in [3.8, 4) is 11.5 Å². The van der Waals surface area contributed by atoms with E-state index in [0.29, 0.717) is 34.8 Å². The summed E-state index contributed by atoms with van der Waals surface area (Å²) >= 11 is 0. The standard InChI is InChI=1S/C22H23N3O6/c1-5-25-11-16(20(27)15-8-6-13(2)23-21(15)25)22(28)31-12-19(26)24-17-9-7-14(29-3)10-18(17)30-4/h6-11H,5,12H2,1-4H3,(H,24,26). The Morgan fingerprint density at radius 1 is 1.13 bits per heavy atom. The van der Waals surface area contributed by atoms with Gasteiger partial charge in [-0.2, -0.15) is 0 Å². The molecule has 0 atom stereocenters. The predicted octanol–water partition coefficient (Wildman–Crippen LogP) is 2.54. The van der Waals surface area contributed by atoms with Gasteiger partial charge in [-0.3, -0.25) is 9.59 Å². The summed E-state index contributed by atoms with van der Waals surface area (Å²) in [6, 6.07) is 8.21. The number of ether oxygens (including phenoxy) is 3. The number of fused-ring (bicyclic) bond motifs is 1. The van der Waals surface area contributed by atoms with E-state index in [9.17, 15) is 14.4 Å². The Bertz CT molecular complexity index is 1200. The maximum Gasteiger partial charge on any atom is 0.344 e. The molecule has 162 valence electrons. The van der Waals surface area contributed by atoms with E-state index < -0.39 is 23.9 Å². The molecule has 0 unspecified atom stereocenters. The summed E-state index contributed by atoms with van der Waals surface area (Å²) in [6.07, 6.45) is 1.41. The van der Waals surface area contributed by atoms with E-state index in [4.69, 9.17) is 14.2 Å². The zero-order valence-corrected chi connectivity index (χ0v) is 17.7. The van der Waals surface area contributed by atoms with E-state index in [1.54, 1.807) is 34.9 Å². The maximum absolute atomic E-state index is 12.7. The van der Waals surface area contributed by atoms with Gasteiger partial charge in [0.25, 0.3) is 5.91 Å². The lowest BCUT2D eigenvalue weighted by Crippen LogP contribution is -2.25. The number of hydrogen-bond donors (Lipinski definition) is 1. The van der Waals surface area contributed by atoms with Crippen LogP contribution in [0.3, 0.4) is 0 Å². The zero-order chi connectivity index (χ0) is 22.5. The van der Waals surface area contributed by atoms with Crippen LogP contribution in [-0.2, 0) is 16.1 Å². The lowest BCUT2D eigenvalue weighted by molar-refractivity contribution is -0.119. The highest BCUT2D eigenvalue weighted by Crippen LogP contribution is 2.28. The first-order valence-corrected chi connectivity index (χ1v) is 9.57. The van der Waals surface area contributed by atoms with E-state index in [0.717, 1.165) is 5.69 Å². The molecule has 0 aliphatic rings. The fourth-order valence-corrected chi connectivity index (χ4v) is 3.04. The quantitative estimate of drug-likeness (QED) is 0.580. The van der Waals surface area contributed by atoms with Crippen molar-refractivity contribution in [2.45, 2.75) is 20.4 Å². The molecular weight excluding hydrogens is 402 g/mol. The largest absolute Gasteiger partial charge is 0.497 e. The highest BCUT2D eigenvalue weighted by molar-refractivity contribution is 5.97. The van der Waals surface area contributed by atoms with E-state index in [-0.39, 0.29) is 5.56 Å². The first-order valence-electron chi connectivity index (χ1n) is 9.57. The highest BCUT2D eigenvalue weighted by atomic mass is 16.5. The van der Waals surface area contributed by atoms with Crippen LogP contribution in [0.25, 0.3) is 11.0 Å². The van der Waals surface area contributed by atoms with E-state index in [1.807, 2.05) is 13.8 Å². The number of pyridine rings is 2. The molecule has 0 aliphatic carbocycles. The van der Waals surface area contributed by atoms with Gasteiger partial charge in [0.15, 0.2) is 6.61 Å². The number of amides is 1. The molecule has 1 aromatic carbocycles. The number of anilines is 1. The molecule has 9 nitrogen and oxygen atoms in total. The molecule has 2 heterocycles. The van der Waals surface area contributed by atoms with Crippen LogP contribution in [0, 0.1) is 6.92 Å². The molecule has 3 aromatic rings. The maximum atomic E-state index is 12.7. The summed E-state index contributed by atoms with van der Waals surface area (Å²) < 4.78 is 17.1. The Morgan fingerprint density at radius 2 is 1.90 bits per heavy atom. The van der Waals surface area contributed by atoms with Crippen molar-refractivity contribution < 1.29 is 23.8 Å². The number of hydrogen-bond acceptors (Lipinski definition) is 7. The Hall–Kier alpha value is -3.88. The van der Waals surface area contributed by atoms with Gasteiger partial charge in [0.05, 0.1) is 25.3 Å². The number of nitrogens with zero attached hydrogens (tertiary/aromatic N) is 2. The molecule has 2 aromatic heterocycles. The first kappa shape index (κ1) is 21.8. The molecule has 9 heteroatoms. The van der Waals surface area contributed by atoms with E-state index in [1.165, 1.54) is 20.4 Å². The van der Waals surface area contributed by atoms with Crippen molar-refractivity contribution in [1.82, 2.24) is 9.55 Å². The third-order valence-corrected chi connectivity index (χ3v) is 4.64. The summed E-state index contributed by atoms with van der Waals surface area (Å²) in [5, 5.41) is 2.92. The number of nitrogens with one attached hydrogen (secondary N) is 1. The molecule has 0 fully saturated rings. The van der Waals surface area contributed by atoms with Gasteiger partial charge in [-0.25, -0.2) is 9.78 Å². The second-order valence-electron chi connectivity index (χ2n) is 6.67. The van der Waals surface area contributed by atoms with Crippen LogP contribution in [0.1, 0.15) is 23.0 Å². The second kappa shape index (κ2) is 9.29. The third kappa shape index (κ3) is 4.66. The third-order valence-electron chi connectivity index (χ3n) is 4.64. The molecule has 0 saturated heterocycles. The molecule has 0 bridgehead atoms. The monoisotopic (exact) mass is 425 g/mol. The van der Waals surface area contributed by atoms with Crippen LogP contribution in [0.4, 0.5) is 5.69 Å². The first-order chi connectivity index (χ1) is 14.9. The fourth-order valence-electron chi connectivity index (χ4n) is 3.04. The SMILES string of the molecule is CCn1cc(C(=O)OCC(=O)Nc2ccc(OC)cc2OC)c(=O)c2ccc(C)nc21. The van der Waals surface area contributed by atoms with Crippen molar-refractivity contribution in [2.75, 3.05) is 26.1 Å². The number of aromatic nitrogens is 2. The molecule has 1 N–H and O–H groups in total. The van der Waals surface area contributed by atoms with E-state index in [2.05, 4.69) is 10.3 Å². The van der Waals surface area contributed by atoms with Crippen molar-refractivity contribution in [2.24, 2.45) is 0 Å². The lowest BCUT2D eigenvalue weighted by Gasteiger charge is -2.13. The molecule has 0 spiro atoms. The van der Waals surface area contributed by atoms with Gasteiger partial charge in [-0.1, -0.05) is 0 Å². The van der Waals surface area contributed by atoms with Gasteiger partial charge in [0.1, 0.15) is 22.7 Å². The van der Waals surface area contributed by atoms with Crippen LogP contribution >= 0.6 is 0 Å². The summed E-state index contributed by atoms with van der Waals surface area (Å²) in [5.74, 6) is -0.506. The van der Waals surface area contributed by atoms with Crippen molar-refractivity contribution in [3.05, 3.63) is 58.0 Å². The number of methoxy groups -OCH3 is 2. The van der Waals surface area contributed by atoms with Crippen molar-refractivity contribution >= 4 is 28.6 Å². The smallest absolute Gasteiger partial charge is 0.344 e. The number of carbonyl (C=O) groups is 2. The van der Waals surface area contributed by atoms with Gasteiger partial charge in [0.2, 0.25) is 5.43 Å². The number of rotatable bonds is 7. The molecule has 31 heavy (non-hydrogen) atoms. The van der Waals surface area contributed by atoms with Crippen LogP contribution in [0.15, 0.2) is 41.3 Å². The van der Waals surface area contributed by atoms with Gasteiger partial charge >= 0.3 is 5.97 Å². The Balaban J connectivity index is 1.76. The minimum atomic E-state index is -0.883. The van der Waals surface area contributed by atoms with Gasteiger partial charge in [-0.05, 0) is 38.1 Å². The van der Waals surface area contributed by atoms with E-state index >= 15 is 0 Å². The Kier molecular flexibility index (Phi) is 6.54. The molecule has 0 saturated carbocycles. The molecule has 0 aliphatic heterocycles. The number of esters is 1. The van der Waals surface area contributed by atoms with Crippen LogP contribution in [0.2, 0.25) is 0 Å². The molecule has 3 rings (SSSR count). The average Bonchev–Trinajstić information content (AvgIpc) is 2.78. The van der Waals surface area contributed by atoms with Crippen molar-refractivity contribution in [1.29, 1.82) is 0 Å². The normalized spacial score (nSPS) is 10.6. The Labute approximate surface area is 178 Å². The van der Waals surface area contributed by atoms with Crippen molar-refractivity contribution in [3.63, 3.8) is 0 Å². The molecule has 1 amide bonds. The predicted molar refractivity (Wildman–Crippen MR) is 115 cm³/mol. The molecular formula is C22H23N3O6. The number of benzene rings is 1. The topological polar surface area (TPSA) is 109 Å². The summed E-state index contributed by atoms with van der Waals surface area (Å²) in [6.45, 7) is 3.64. The van der Waals surface area contributed by atoms with Crippen LogP contribution in [0.5, 0.6) is 11.5 Å². The minimum Gasteiger partial charge on any atom is -0.497 e. The number of aryl methyl sites for hydroxylation is 2. The summed E-state index contributed by atoms with van der Waals surface area (Å²) in [5.41, 5.74) is 0.998. The highest BCUT2D eigenvalue weighted by Gasteiger charge is 2.19.